The molecule has 2 saturated heterocycles. The average Bonchev–Trinajstić information content (AvgIpc) is 2.79. The van der Waals surface area contributed by atoms with Crippen LogP contribution in [0.25, 0.3) is 6.08 Å². The third kappa shape index (κ3) is 6.86. The maximum Gasteiger partial charge on any atom is 0.222 e. The van der Waals surface area contributed by atoms with Crippen molar-refractivity contribution < 1.29 is 9.53 Å². The largest absolute Gasteiger partial charge is 0.497 e. The summed E-state index contributed by atoms with van der Waals surface area (Å²) in [5.74, 6) is 1.97. The van der Waals surface area contributed by atoms with E-state index in [0.717, 1.165) is 70.9 Å². The van der Waals surface area contributed by atoms with Crippen LogP contribution in [0.5, 0.6) is 5.75 Å². The van der Waals surface area contributed by atoms with Gasteiger partial charge in [-0.3, -0.25) is 9.69 Å². The third-order valence-corrected chi connectivity index (χ3v) is 6.44. The minimum Gasteiger partial charge on any atom is -0.497 e. The Bertz CT molecular complexity index is 643. The van der Waals surface area contributed by atoms with Gasteiger partial charge in [0.25, 0.3) is 0 Å². The second kappa shape index (κ2) is 11.4. The Kier molecular flexibility index (Phi) is 8.56. The van der Waals surface area contributed by atoms with Crippen molar-refractivity contribution in [2.75, 3.05) is 59.5 Å². The fraction of sp³-hybridized carbons (Fsp3) is 0.625. The number of hydrogen-bond acceptors (Lipinski definition) is 4. The maximum atomic E-state index is 12.5. The number of likely N-dealkylation sites (tertiary alicyclic amines) is 1. The molecule has 0 spiro atoms. The SMILES string of the molecule is CCN1CCN(C(=O)CCC2CCN(C/C=C/c3ccc(OC)cc3)CC2)CC1. The van der Waals surface area contributed by atoms with Crippen molar-refractivity contribution in [2.24, 2.45) is 5.92 Å². The smallest absolute Gasteiger partial charge is 0.222 e. The Labute approximate surface area is 176 Å². The van der Waals surface area contributed by atoms with Crippen LogP contribution in [0.1, 0.15) is 38.2 Å². The van der Waals surface area contributed by atoms with E-state index < -0.39 is 0 Å². The van der Waals surface area contributed by atoms with E-state index in [1.165, 1.54) is 18.4 Å². The first-order chi connectivity index (χ1) is 14.2. The van der Waals surface area contributed by atoms with Gasteiger partial charge in [0.2, 0.25) is 5.91 Å². The molecule has 0 aromatic heterocycles. The molecule has 5 nitrogen and oxygen atoms in total. The lowest BCUT2D eigenvalue weighted by Crippen LogP contribution is -2.48. The molecule has 0 radical (unpaired) electrons. The summed E-state index contributed by atoms with van der Waals surface area (Å²) >= 11 is 0. The van der Waals surface area contributed by atoms with Gasteiger partial charge in [0.1, 0.15) is 5.75 Å². The van der Waals surface area contributed by atoms with E-state index >= 15 is 0 Å². The highest BCUT2D eigenvalue weighted by atomic mass is 16.5. The van der Waals surface area contributed by atoms with Gasteiger partial charge in [-0.2, -0.15) is 0 Å². The molecule has 0 bridgehead atoms. The zero-order valence-corrected chi connectivity index (χ0v) is 18.2. The zero-order chi connectivity index (χ0) is 20.5. The lowest BCUT2D eigenvalue weighted by Gasteiger charge is -2.35. The molecule has 2 aliphatic rings. The van der Waals surface area contributed by atoms with E-state index in [2.05, 4.69) is 45.9 Å². The lowest BCUT2D eigenvalue weighted by atomic mass is 9.92. The van der Waals surface area contributed by atoms with Crippen LogP contribution in [-0.4, -0.2) is 80.1 Å². The second-order valence-electron chi connectivity index (χ2n) is 8.27. The zero-order valence-electron chi connectivity index (χ0n) is 18.2. The van der Waals surface area contributed by atoms with Crippen LogP contribution in [0, 0.1) is 5.92 Å². The van der Waals surface area contributed by atoms with Gasteiger partial charge in [0, 0.05) is 39.1 Å². The standard InChI is InChI=1S/C24H37N3O2/c1-3-25-17-19-27(20-18-25)24(28)11-8-22-12-15-26(16-13-22)14-4-5-21-6-9-23(29-2)10-7-21/h4-7,9-10,22H,3,8,11-20H2,1-2H3/b5-4+. The summed E-state index contributed by atoms with van der Waals surface area (Å²) in [4.78, 5) is 19.5. The van der Waals surface area contributed by atoms with Gasteiger partial charge in [0.15, 0.2) is 0 Å². The highest BCUT2D eigenvalue weighted by Crippen LogP contribution is 2.22. The number of methoxy groups -OCH3 is 1. The normalized spacial score (nSPS) is 19.7. The summed E-state index contributed by atoms with van der Waals surface area (Å²) in [5.41, 5.74) is 1.21. The van der Waals surface area contributed by atoms with E-state index in [-0.39, 0.29) is 0 Å². The summed E-state index contributed by atoms with van der Waals surface area (Å²) in [6.07, 6.45) is 8.65. The second-order valence-corrected chi connectivity index (χ2v) is 8.27. The van der Waals surface area contributed by atoms with Crippen LogP contribution in [0.2, 0.25) is 0 Å². The monoisotopic (exact) mass is 399 g/mol. The molecule has 29 heavy (non-hydrogen) atoms. The van der Waals surface area contributed by atoms with Gasteiger partial charge in [0.05, 0.1) is 7.11 Å². The van der Waals surface area contributed by atoms with Crippen LogP contribution < -0.4 is 4.74 Å². The van der Waals surface area contributed by atoms with Crippen LogP contribution in [0.4, 0.5) is 0 Å². The van der Waals surface area contributed by atoms with Crippen LogP contribution in [-0.2, 0) is 4.79 Å². The Morgan fingerprint density at radius 3 is 2.34 bits per heavy atom. The van der Waals surface area contributed by atoms with Gasteiger partial charge in [-0.05, 0) is 62.5 Å². The molecule has 5 heteroatoms. The first kappa shape index (κ1) is 21.8. The first-order valence-electron chi connectivity index (χ1n) is 11.2. The fourth-order valence-corrected chi connectivity index (χ4v) is 4.31. The average molecular weight is 400 g/mol. The maximum absolute atomic E-state index is 12.5. The summed E-state index contributed by atoms with van der Waals surface area (Å²) in [6.45, 7) is 10.4. The number of nitrogens with zero attached hydrogens (tertiary/aromatic N) is 3. The molecule has 0 N–H and O–H groups in total. The van der Waals surface area contributed by atoms with E-state index in [0.29, 0.717) is 11.8 Å². The Morgan fingerprint density at radius 1 is 1.03 bits per heavy atom. The molecule has 0 aliphatic carbocycles. The number of likely N-dealkylation sites (N-methyl/N-ethyl adjacent to an activating group) is 1. The van der Waals surface area contributed by atoms with E-state index in [4.69, 9.17) is 4.74 Å². The van der Waals surface area contributed by atoms with Gasteiger partial charge in [-0.1, -0.05) is 31.2 Å². The topological polar surface area (TPSA) is 36.0 Å². The van der Waals surface area contributed by atoms with Crippen molar-refractivity contribution in [3.05, 3.63) is 35.9 Å². The highest BCUT2D eigenvalue weighted by Gasteiger charge is 2.23. The molecular formula is C24H37N3O2. The lowest BCUT2D eigenvalue weighted by molar-refractivity contribution is -0.133. The van der Waals surface area contributed by atoms with Crippen molar-refractivity contribution in [1.82, 2.24) is 14.7 Å². The summed E-state index contributed by atoms with van der Waals surface area (Å²) < 4.78 is 5.20. The van der Waals surface area contributed by atoms with Gasteiger partial charge in [-0.25, -0.2) is 0 Å². The van der Waals surface area contributed by atoms with Crippen molar-refractivity contribution >= 4 is 12.0 Å². The van der Waals surface area contributed by atoms with E-state index in [1.807, 2.05) is 12.1 Å². The molecule has 160 valence electrons. The Hall–Kier alpha value is -1.85. The number of hydrogen-bond donors (Lipinski definition) is 0. The minimum atomic E-state index is 0.366. The highest BCUT2D eigenvalue weighted by molar-refractivity contribution is 5.76. The molecule has 1 amide bonds. The fourth-order valence-electron chi connectivity index (χ4n) is 4.31. The number of rotatable bonds is 8. The van der Waals surface area contributed by atoms with Crippen LogP contribution in [0.3, 0.4) is 0 Å². The summed E-state index contributed by atoms with van der Waals surface area (Å²) in [7, 11) is 1.69. The van der Waals surface area contributed by atoms with Crippen molar-refractivity contribution in [3.8, 4) is 5.75 Å². The number of carbonyl (C=O) groups excluding carboxylic acids is 1. The van der Waals surface area contributed by atoms with Crippen LogP contribution >= 0.6 is 0 Å². The third-order valence-electron chi connectivity index (χ3n) is 6.44. The number of benzene rings is 1. The molecule has 2 heterocycles. The molecular weight excluding hydrogens is 362 g/mol. The summed E-state index contributed by atoms with van der Waals surface area (Å²) in [6, 6.07) is 8.16. The predicted molar refractivity (Wildman–Crippen MR) is 119 cm³/mol. The molecule has 0 unspecified atom stereocenters. The Balaban J connectivity index is 1.31. The number of amides is 1. The summed E-state index contributed by atoms with van der Waals surface area (Å²) in [5, 5.41) is 0. The van der Waals surface area contributed by atoms with E-state index in [1.54, 1.807) is 7.11 Å². The quantitative estimate of drug-likeness (QED) is 0.672. The van der Waals surface area contributed by atoms with Crippen molar-refractivity contribution in [1.29, 1.82) is 0 Å². The molecule has 2 fully saturated rings. The molecule has 1 aromatic carbocycles. The predicted octanol–water partition coefficient (Wildman–Crippen LogP) is 3.36. The van der Waals surface area contributed by atoms with Crippen molar-refractivity contribution in [2.45, 2.75) is 32.6 Å². The molecule has 0 atom stereocenters. The first-order valence-corrected chi connectivity index (χ1v) is 11.2. The number of piperidine rings is 1. The number of carbonyl (C=O) groups is 1. The Morgan fingerprint density at radius 2 is 1.72 bits per heavy atom. The molecule has 0 saturated carbocycles. The van der Waals surface area contributed by atoms with Gasteiger partial charge in [-0.15, -0.1) is 0 Å². The van der Waals surface area contributed by atoms with Crippen molar-refractivity contribution in [3.63, 3.8) is 0 Å². The van der Waals surface area contributed by atoms with E-state index in [9.17, 15) is 4.79 Å². The molecule has 3 rings (SSSR count). The number of piperazine rings is 1. The van der Waals surface area contributed by atoms with Gasteiger partial charge >= 0.3 is 0 Å². The van der Waals surface area contributed by atoms with Crippen LogP contribution in [0.15, 0.2) is 30.3 Å². The minimum absolute atomic E-state index is 0.366. The van der Waals surface area contributed by atoms with Gasteiger partial charge < -0.3 is 14.5 Å². The molecule has 2 aliphatic heterocycles. The molecule has 1 aromatic rings. The number of ether oxygens (including phenoxy) is 1.